The summed E-state index contributed by atoms with van der Waals surface area (Å²) in [6, 6.07) is 12.4. The Morgan fingerprint density at radius 2 is 1.97 bits per heavy atom. The van der Waals surface area contributed by atoms with Crippen molar-refractivity contribution in [2.75, 3.05) is 44.2 Å². The van der Waals surface area contributed by atoms with Gasteiger partial charge in [-0.15, -0.1) is 0 Å². The second-order valence-electron chi connectivity index (χ2n) is 9.21. The fourth-order valence-corrected chi connectivity index (χ4v) is 4.95. The molecule has 192 valence electrons. The fourth-order valence-electron chi connectivity index (χ4n) is 4.95. The topological polar surface area (TPSA) is 112 Å². The molecule has 0 saturated carbocycles. The number of piperazine rings is 1. The molecular formula is C27H30FN7O2. The Labute approximate surface area is 214 Å². The molecular weight excluding hydrogens is 473 g/mol. The second kappa shape index (κ2) is 10.9. The summed E-state index contributed by atoms with van der Waals surface area (Å²) in [5.74, 6) is 1.29. The number of carbonyl (C=O) groups excluding carboxylic acids is 1. The SMILES string of the molecule is N=C(/C=C\c1ncc(-c2cccc(N3CCN(C(=O)CO)CC3)n2)[nH]1)N1CCCC1c1cccc(F)c1. The van der Waals surface area contributed by atoms with Crippen LogP contribution < -0.4 is 4.90 Å². The first-order valence-electron chi connectivity index (χ1n) is 12.5. The number of pyridine rings is 1. The van der Waals surface area contributed by atoms with Crippen LogP contribution in [0.25, 0.3) is 17.5 Å². The third-order valence-electron chi connectivity index (χ3n) is 6.89. The van der Waals surface area contributed by atoms with E-state index in [0.717, 1.165) is 42.2 Å². The minimum Gasteiger partial charge on any atom is -0.387 e. The molecule has 3 N–H and O–H groups in total. The van der Waals surface area contributed by atoms with Crippen molar-refractivity contribution in [1.82, 2.24) is 24.8 Å². The zero-order valence-corrected chi connectivity index (χ0v) is 20.5. The standard InChI is InChI=1S/C27H30FN7O2/c28-20-5-1-4-19(16-20)23-7-3-11-35(23)24(29)9-10-25-30-17-22(31-25)21-6-2-8-26(32-21)33-12-14-34(15-13-33)27(37)18-36/h1-2,4-6,8-10,16-17,23,29,36H,3,7,11-15,18H2,(H,30,31)/b10-9-,29-24?. The van der Waals surface area contributed by atoms with Gasteiger partial charge in [-0.3, -0.25) is 10.2 Å². The Kier molecular flexibility index (Phi) is 7.27. The van der Waals surface area contributed by atoms with Gasteiger partial charge in [-0.1, -0.05) is 18.2 Å². The molecule has 2 aliphatic rings. The molecule has 10 heteroatoms. The number of H-pyrrole nitrogens is 1. The number of rotatable bonds is 6. The molecule has 2 saturated heterocycles. The number of amides is 1. The van der Waals surface area contributed by atoms with Crippen LogP contribution in [0.2, 0.25) is 0 Å². The van der Waals surface area contributed by atoms with E-state index in [0.29, 0.717) is 37.8 Å². The highest BCUT2D eigenvalue weighted by atomic mass is 19.1. The average molecular weight is 504 g/mol. The number of nitrogens with one attached hydrogen (secondary N) is 2. The van der Waals surface area contributed by atoms with Crippen LogP contribution in [0, 0.1) is 11.2 Å². The number of hydrogen-bond acceptors (Lipinski definition) is 6. The molecule has 0 radical (unpaired) electrons. The predicted octanol–water partition coefficient (Wildman–Crippen LogP) is 3.08. The van der Waals surface area contributed by atoms with Gasteiger partial charge in [-0.2, -0.15) is 0 Å². The van der Waals surface area contributed by atoms with Crippen LogP contribution in [-0.4, -0.2) is 80.9 Å². The van der Waals surface area contributed by atoms with E-state index in [9.17, 15) is 9.18 Å². The van der Waals surface area contributed by atoms with Crippen LogP contribution in [0.15, 0.2) is 54.7 Å². The summed E-state index contributed by atoms with van der Waals surface area (Å²) in [7, 11) is 0. The summed E-state index contributed by atoms with van der Waals surface area (Å²) in [5, 5.41) is 17.6. The first-order chi connectivity index (χ1) is 18.0. The maximum atomic E-state index is 13.7. The number of aliphatic hydroxyl groups is 1. The summed E-state index contributed by atoms with van der Waals surface area (Å²) in [6.07, 6.45) is 7.06. The molecule has 5 rings (SSSR count). The first-order valence-corrected chi connectivity index (χ1v) is 12.5. The van der Waals surface area contributed by atoms with Crippen LogP contribution in [0.3, 0.4) is 0 Å². The van der Waals surface area contributed by atoms with Crippen molar-refractivity contribution in [2.24, 2.45) is 0 Å². The van der Waals surface area contributed by atoms with E-state index in [1.807, 2.05) is 29.2 Å². The third kappa shape index (κ3) is 5.54. The number of carbonyl (C=O) groups is 1. The molecule has 1 amide bonds. The van der Waals surface area contributed by atoms with E-state index >= 15 is 0 Å². The number of amidine groups is 1. The number of anilines is 1. The smallest absolute Gasteiger partial charge is 0.248 e. The van der Waals surface area contributed by atoms with Gasteiger partial charge in [0.2, 0.25) is 5.91 Å². The maximum absolute atomic E-state index is 13.7. The largest absolute Gasteiger partial charge is 0.387 e. The van der Waals surface area contributed by atoms with E-state index in [1.165, 1.54) is 6.07 Å². The summed E-state index contributed by atoms with van der Waals surface area (Å²) in [5.41, 5.74) is 2.41. The Morgan fingerprint density at radius 3 is 2.76 bits per heavy atom. The van der Waals surface area contributed by atoms with Gasteiger partial charge >= 0.3 is 0 Å². The van der Waals surface area contributed by atoms with Gasteiger partial charge in [-0.25, -0.2) is 14.4 Å². The van der Waals surface area contributed by atoms with E-state index in [2.05, 4.69) is 14.9 Å². The lowest BCUT2D eigenvalue weighted by molar-refractivity contribution is -0.134. The molecule has 0 spiro atoms. The molecule has 4 heterocycles. The number of benzene rings is 1. The van der Waals surface area contributed by atoms with Gasteiger partial charge in [-0.05, 0) is 54.8 Å². The van der Waals surface area contributed by atoms with Crippen molar-refractivity contribution < 1.29 is 14.3 Å². The van der Waals surface area contributed by atoms with Gasteiger partial charge in [0.25, 0.3) is 0 Å². The highest BCUT2D eigenvalue weighted by molar-refractivity contribution is 5.94. The van der Waals surface area contributed by atoms with Gasteiger partial charge in [0.05, 0.1) is 23.6 Å². The fraction of sp³-hybridized carbons (Fsp3) is 0.333. The molecule has 0 aliphatic carbocycles. The highest BCUT2D eigenvalue weighted by Gasteiger charge is 2.27. The van der Waals surface area contributed by atoms with Crippen molar-refractivity contribution in [2.45, 2.75) is 18.9 Å². The molecule has 2 fully saturated rings. The van der Waals surface area contributed by atoms with Crippen LogP contribution in [0.4, 0.5) is 10.2 Å². The summed E-state index contributed by atoms with van der Waals surface area (Å²) >= 11 is 0. The van der Waals surface area contributed by atoms with Crippen molar-refractivity contribution in [3.05, 3.63) is 71.9 Å². The molecule has 37 heavy (non-hydrogen) atoms. The minimum atomic E-state index is -0.463. The van der Waals surface area contributed by atoms with Gasteiger partial charge in [0, 0.05) is 32.7 Å². The number of likely N-dealkylation sites (tertiary alicyclic amines) is 1. The quantitative estimate of drug-likeness (QED) is 0.352. The highest BCUT2D eigenvalue weighted by Crippen LogP contribution is 2.32. The Bertz CT molecular complexity index is 1300. The normalized spacial score (nSPS) is 18.1. The number of aromatic amines is 1. The monoisotopic (exact) mass is 503 g/mol. The van der Waals surface area contributed by atoms with Crippen molar-refractivity contribution in [1.29, 1.82) is 5.41 Å². The van der Waals surface area contributed by atoms with E-state index in [-0.39, 0.29) is 17.8 Å². The molecule has 9 nitrogen and oxygen atoms in total. The van der Waals surface area contributed by atoms with E-state index in [4.69, 9.17) is 15.5 Å². The van der Waals surface area contributed by atoms with Crippen molar-refractivity contribution in [3.63, 3.8) is 0 Å². The number of imidazole rings is 1. The molecule has 1 unspecified atom stereocenters. The molecule has 1 aromatic carbocycles. The van der Waals surface area contributed by atoms with Gasteiger partial charge in [0.15, 0.2) is 0 Å². The van der Waals surface area contributed by atoms with Crippen LogP contribution in [-0.2, 0) is 4.79 Å². The third-order valence-corrected chi connectivity index (χ3v) is 6.89. The number of aromatic nitrogens is 3. The number of halogens is 1. The van der Waals surface area contributed by atoms with Gasteiger partial charge in [0.1, 0.15) is 29.9 Å². The number of aliphatic hydroxyl groups excluding tert-OH is 1. The van der Waals surface area contributed by atoms with Crippen molar-refractivity contribution >= 4 is 23.6 Å². The second-order valence-corrected chi connectivity index (χ2v) is 9.21. The number of nitrogens with zero attached hydrogens (tertiary/aromatic N) is 5. The minimum absolute atomic E-state index is 0.00409. The first kappa shape index (κ1) is 24.6. The van der Waals surface area contributed by atoms with E-state index in [1.54, 1.807) is 35.4 Å². The molecule has 3 aromatic rings. The maximum Gasteiger partial charge on any atom is 0.248 e. The van der Waals surface area contributed by atoms with Gasteiger partial charge < -0.3 is 24.8 Å². The summed E-state index contributed by atoms with van der Waals surface area (Å²) in [4.78, 5) is 30.0. The predicted molar refractivity (Wildman–Crippen MR) is 140 cm³/mol. The lowest BCUT2D eigenvalue weighted by Crippen LogP contribution is -2.49. The lowest BCUT2D eigenvalue weighted by atomic mass is 10.0. The Hall–Kier alpha value is -4.05. The molecule has 0 bridgehead atoms. The van der Waals surface area contributed by atoms with Crippen molar-refractivity contribution in [3.8, 4) is 11.4 Å². The average Bonchev–Trinajstić information content (AvgIpc) is 3.62. The summed E-state index contributed by atoms with van der Waals surface area (Å²) < 4.78 is 13.7. The Balaban J connectivity index is 1.24. The molecule has 2 aliphatic heterocycles. The van der Waals surface area contributed by atoms with Crippen LogP contribution >= 0.6 is 0 Å². The lowest BCUT2D eigenvalue weighted by Gasteiger charge is -2.35. The molecule has 2 aromatic heterocycles. The van der Waals surface area contributed by atoms with E-state index < -0.39 is 6.61 Å². The zero-order valence-electron chi connectivity index (χ0n) is 20.5. The zero-order chi connectivity index (χ0) is 25.8. The summed E-state index contributed by atoms with van der Waals surface area (Å²) in [6.45, 7) is 2.69. The number of hydrogen-bond donors (Lipinski definition) is 3. The molecule has 1 atom stereocenters. The van der Waals surface area contributed by atoms with Crippen LogP contribution in [0.1, 0.15) is 30.3 Å². The Morgan fingerprint density at radius 1 is 1.16 bits per heavy atom. The van der Waals surface area contributed by atoms with Crippen LogP contribution in [0.5, 0.6) is 0 Å².